The second-order valence-electron chi connectivity index (χ2n) is 5.08. The van der Waals surface area contributed by atoms with E-state index in [4.69, 9.17) is 4.74 Å². The van der Waals surface area contributed by atoms with Gasteiger partial charge in [-0.15, -0.1) is 0 Å². The van der Waals surface area contributed by atoms with Gasteiger partial charge in [-0.05, 0) is 42.0 Å². The van der Waals surface area contributed by atoms with Crippen LogP contribution in [0.2, 0.25) is 0 Å². The number of rotatable bonds is 6. The van der Waals surface area contributed by atoms with E-state index in [1.807, 2.05) is 24.3 Å². The van der Waals surface area contributed by atoms with Crippen LogP contribution in [-0.2, 0) is 9.59 Å². The van der Waals surface area contributed by atoms with Crippen LogP contribution in [0.1, 0.15) is 18.9 Å². The van der Waals surface area contributed by atoms with Crippen molar-refractivity contribution in [3.05, 3.63) is 60.2 Å². The highest BCUT2D eigenvalue weighted by atomic mass is 16.5. The molecule has 24 heavy (non-hydrogen) atoms. The van der Waals surface area contributed by atoms with Gasteiger partial charge >= 0.3 is 0 Å². The van der Waals surface area contributed by atoms with Crippen molar-refractivity contribution < 1.29 is 14.3 Å². The van der Waals surface area contributed by atoms with Crippen molar-refractivity contribution in [3.8, 4) is 5.75 Å². The molecule has 2 aromatic carbocycles. The standard InChI is InChI=1S/C19H20N2O3/c1-3-18(22)20-15-5-4-6-16(13-15)21-19(23)12-9-14-7-10-17(24-2)11-8-14/h4-13H,3H2,1-2H3,(H,20,22)(H,21,23). The number of hydrogen-bond donors (Lipinski definition) is 2. The molecule has 0 saturated carbocycles. The number of amides is 2. The lowest BCUT2D eigenvalue weighted by Crippen LogP contribution is -2.11. The molecule has 0 saturated heterocycles. The molecule has 0 bridgehead atoms. The largest absolute Gasteiger partial charge is 0.497 e. The summed E-state index contributed by atoms with van der Waals surface area (Å²) in [6.07, 6.45) is 3.58. The molecule has 0 fully saturated rings. The molecule has 0 radical (unpaired) electrons. The topological polar surface area (TPSA) is 67.4 Å². The maximum absolute atomic E-state index is 12.0. The summed E-state index contributed by atoms with van der Waals surface area (Å²) in [4.78, 5) is 23.4. The molecule has 0 aliphatic rings. The first kappa shape index (κ1) is 17.3. The van der Waals surface area contributed by atoms with Gasteiger partial charge in [-0.1, -0.05) is 25.1 Å². The number of hydrogen-bond acceptors (Lipinski definition) is 3. The van der Waals surface area contributed by atoms with Crippen molar-refractivity contribution in [1.29, 1.82) is 0 Å². The second-order valence-corrected chi connectivity index (χ2v) is 5.08. The maximum atomic E-state index is 12.0. The van der Waals surface area contributed by atoms with Crippen LogP contribution in [-0.4, -0.2) is 18.9 Å². The van der Waals surface area contributed by atoms with Gasteiger partial charge in [0.2, 0.25) is 11.8 Å². The van der Waals surface area contributed by atoms with Gasteiger partial charge in [0, 0.05) is 23.9 Å². The lowest BCUT2D eigenvalue weighted by atomic mass is 10.2. The number of ether oxygens (including phenoxy) is 1. The van der Waals surface area contributed by atoms with Crippen LogP contribution in [0.4, 0.5) is 11.4 Å². The molecule has 2 N–H and O–H groups in total. The van der Waals surface area contributed by atoms with Gasteiger partial charge in [-0.25, -0.2) is 0 Å². The summed E-state index contributed by atoms with van der Waals surface area (Å²) in [6, 6.07) is 14.4. The molecule has 0 unspecified atom stereocenters. The van der Waals surface area contributed by atoms with Crippen LogP contribution in [0, 0.1) is 0 Å². The van der Waals surface area contributed by atoms with E-state index in [1.165, 1.54) is 6.08 Å². The molecule has 5 nitrogen and oxygen atoms in total. The number of benzene rings is 2. The third kappa shape index (κ3) is 5.28. The second kappa shape index (κ2) is 8.53. The van der Waals surface area contributed by atoms with Crippen molar-refractivity contribution in [2.24, 2.45) is 0 Å². The zero-order valence-electron chi connectivity index (χ0n) is 13.7. The summed E-state index contributed by atoms with van der Waals surface area (Å²) >= 11 is 0. The molecule has 2 aromatic rings. The molecule has 0 aromatic heterocycles. The number of anilines is 2. The molecular formula is C19H20N2O3. The lowest BCUT2D eigenvalue weighted by Gasteiger charge is -2.07. The van der Waals surface area contributed by atoms with Crippen LogP contribution in [0.15, 0.2) is 54.6 Å². The van der Waals surface area contributed by atoms with Crippen molar-refractivity contribution in [3.63, 3.8) is 0 Å². The molecule has 2 rings (SSSR count). The Hall–Kier alpha value is -3.08. The van der Waals surface area contributed by atoms with Gasteiger partial charge in [0.25, 0.3) is 0 Å². The minimum Gasteiger partial charge on any atom is -0.497 e. The fraction of sp³-hybridized carbons (Fsp3) is 0.158. The van der Waals surface area contributed by atoms with E-state index in [1.54, 1.807) is 44.4 Å². The van der Waals surface area contributed by atoms with Crippen LogP contribution >= 0.6 is 0 Å². The van der Waals surface area contributed by atoms with Gasteiger partial charge in [0.1, 0.15) is 5.75 Å². The predicted molar refractivity (Wildman–Crippen MR) is 96.0 cm³/mol. The first-order valence-corrected chi connectivity index (χ1v) is 7.63. The monoisotopic (exact) mass is 324 g/mol. The molecule has 124 valence electrons. The smallest absolute Gasteiger partial charge is 0.248 e. The lowest BCUT2D eigenvalue weighted by molar-refractivity contribution is -0.116. The van der Waals surface area contributed by atoms with E-state index in [9.17, 15) is 9.59 Å². The normalized spacial score (nSPS) is 10.4. The fourth-order valence-corrected chi connectivity index (χ4v) is 1.99. The Balaban J connectivity index is 1.97. The summed E-state index contributed by atoms with van der Waals surface area (Å²) in [6.45, 7) is 1.78. The zero-order valence-corrected chi connectivity index (χ0v) is 13.7. The number of carbonyl (C=O) groups excluding carboxylic acids is 2. The number of nitrogens with one attached hydrogen (secondary N) is 2. The van der Waals surface area contributed by atoms with Gasteiger partial charge in [0.15, 0.2) is 0 Å². The third-order valence-electron chi connectivity index (χ3n) is 3.28. The fourth-order valence-electron chi connectivity index (χ4n) is 1.99. The van der Waals surface area contributed by atoms with Crippen molar-refractivity contribution >= 4 is 29.3 Å². The quantitative estimate of drug-likeness (QED) is 0.796. The molecule has 5 heteroatoms. The Labute approximate surface area is 141 Å². The van der Waals surface area contributed by atoms with Crippen molar-refractivity contribution in [2.45, 2.75) is 13.3 Å². The van der Waals surface area contributed by atoms with Crippen LogP contribution in [0.3, 0.4) is 0 Å². The first-order valence-electron chi connectivity index (χ1n) is 7.63. The van der Waals surface area contributed by atoms with E-state index in [-0.39, 0.29) is 11.8 Å². The molecule has 0 aliphatic carbocycles. The maximum Gasteiger partial charge on any atom is 0.248 e. The average Bonchev–Trinajstić information content (AvgIpc) is 2.60. The highest BCUT2D eigenvalue weighted by molar-refractivity contribution is 6.02. The summed E-state index contributed by atoms with van der Waals surface area (Å²) in [5.41, 5.74) is 2.17. The molecule has 0 aliphatic heterocycles. The van der Waals surface area contributed by atoms with Gasteiger partial charge in [-0.3, -0.25) is 9.59 Å². The SMILES string of the molecule is CCC(=O)Nc1cccc(NC(=O)C=Cc2ccc(OC)cc2)c1. The van der Waals surface area contributed by atoms with Crippen molar-refractivity contribution in [2.75, 3.05) is 17.7 Å². The van der Waals surface area contributed by atoms with Gasteiger partial charge < -0.3 is 15.4 Å². The van der Waals surface area contributed by atoms with E-state index < -0.39 is 0 Å². The minimum atomic E-state index is -0.246. The molecular weight excluding hydrogens is 304 g/mol. The zero-order chi connectivity index (χ0) is 17.4. The van der Waals surface area contributed by atoms with Gasteiger partial charge in [0.05, 0.1) is 7.11 Å². The van der Waals surface area contributed by atoms with E-state index in [2.05, 4.69) is 10.6 Å². The summed E-state index contributed by atoms with van der Waals surface area (Å²) in [5, 5.41) is 5.52. The van der Waals surface area contributed by atoms with E-state index in [0.717, 1.165) is 11.3 Å². The van der Waals surface area contributed by atoms with Crippen molar-refractivity contribution in [1.82, 2.24) is 0 Å². The van der Waals surface area contributed by atoms with Crippen LogP contribution in [0.25, 0.3) is 6.08 Å². The Bertz CT molecular complexity index is 737. The summed E-state index contributed by atoms with van der Waals surface area (Å²) in [7, 11) is 1.61. The molecule has 2 amide bonds. The molecule has 0 heterocycles. The summed E-state index contributed by atoms with van der Waals surface area (Å²) in [5.74, 6) is 0.449. The first-order chi connectivity index (χ1) is 11.6. The van der Waals surface area contributed by atoms with Crippen LogP contribution < -0.4 is 15.4 Å². The number of methoxy groups -OCH3 is 1. The van der Waals surface area contributed by atoms with E-state index in [0.29, 0.717) is 17.8 Å². The highest BCUT2D eigenvalue weighted by Crippen LogP contribution is 2.16. The Morgan fingerprint density at radius 2 is 1.71 bits per heavy atom. The Morgan fingerprint density at radius 3 is 2.33 bits per heavy atom. The predicted octanol–water partition coefficient (Wildman–Crippen LogP) is 3.70. The highest BCUT2D eigenvalue weighted by Gasteiger charge is 2.02. The summed E-state index contributed by atoms with van der Waals surface area (Å²) < 4.78 is 5.09. The van der Waals surface area contributed by atoms with E-state index >= 15 is 0 Å². The van der Waals surface area contributed by atoms with Crippen LogP contribution in [0.5, 0.6) is 5.75 Å². The third-order valence-corrected chi connectivity index (χ3v) is 3.28. The molecule has 0 atom stereocenters. The molecule has 0 spiro atoms. The Morgan fingerprint density at radius 1 is 1.04 bits per heavy atom. The minimum absolute atomic E-state index is 0.0714. The average molecular weight is 324 g/mol. The number of carbonyl (C=O) groups is 2. The Kier molecular flexibility index (Phi) is 6.14. The van der Waals surface area contributed by atoms with Gasteiger partial charge in [-0.2, -0.15) is 0 Å².